The van der Waals surface area contributed by atoms with E-state index in [1.54, 1.807) is 24.3 Å². The number of carbonyl (C=O) groups excluding carboxylic acids is 2. The Balaban J connectivity index is 2.13. The molecule has 7 heteroatoms. The van der Waals surface area contributed by atoms with Crippen LogP contribution >= 0.6 is 23.2 Å². The predicted octanol–water partition coefficient (Wildman–Crippen LogP) is 4.34. The van der Waals surface area contributed by atoms with E-state index in [-0.39, 0.29) is 23.0 Å². The number of amides is 2. The third kappa shape index (κ3) is 4.94. The summed E-state index contributed by atoms with van der Waals surface area (Å²) >= 11 is 11.5. The molecule has 0 saturated carbocycles. The van der Waals surface area contributed by atoms with Crippen LogP contribution in [0.3, 0.4) is 0 Å². The summed E-state index contributed by atoms with van der Waals surface area (Å²) in [6.45, 7) is 1.36. The maximum atomic E-state index is 13.8. The van der Waals surface area contributed by atoms with Gasteiger partial charge >= 0.3 is 0 Å². The molecule has 0 radical (unpaired) electrons. The summed E-state index contributed by atoms with van der Waals surface area (Å²) in [5.74, 6) is -1.43. The van der Waals surface area contributed by atoms with E-state index >= 15 is 0 Å². The van der Waals surface area contributed by atoms with Crippen molar-refractivity contribution in [3.8, 4) is 0 Å². The van der Waals surface area contributed by atoms with Crippen molar-refractivity contribution in [3.63, 3.8) is 0 Å². The van der Waals surface area contributed by atoms with Crippen LogP contribution in [0, 0.1) is 5.82 Å². The lowest BCUT2D eigenvalue weighted by Gasteiger charge is -2.18. The second-order valence-electron chi connectivity index (χ2n) is 5.16. The van der Waals surface area contributed by atoms with Crippen LogP contribution in [0.2, 0.25) is 10.0 Å². The van der Waals surface area contributed by atoms with Crippen molar-refractivity contribution in [2.45, 2.75) is 19.4 Å². The minimum atomic E-state index is -0.699. The van der Waals surface area contributed by atoms with Crippen LogP contribution in [0.4, 0.5) is 10.1 Å². The summed E-state index contributed by atoms with van der Waals surface area (Å²) in [6.07, 6.45) is -0.0623. The Hall–Kier alpha value is -2.11. The molecule has 0 aliphatic rings. The van der Waals surface area contributed by atoms with Gasteiger partial charge in [-0.3, -0.25) is 9.59 Å². The minimum absolute atomic E-state index is 0.00909. The molecular formula is C17H15Cl2FN2O2. The van der Waals surface area contributed by atoms with Gasteiger partial charge in [-0.2, -0.15) is 0 Å². The van der Waals surface area contributed by atoms with Gasteiger partial charge in [0.15, 0.2) is 5.82 Å². The van der Waals surface area contributed by atoms with Gasteiger partial charge in [0, 0.05) is 11.9 Å². The van der Waals surface area contributed by atoms with Gasteiger partial charge in [0.1, 0.15) is 0 Å². The lowest BCUT2D eigenvalue weighted by molar-refractivity contribution is -0.120. The molecule has 2 rings (SSSR count). The molecule has 24 heavy (non-hydrogen) atoms. The van der Waals surface area contributed by atoms with E-state index in [2.05, 4.69) is 10.6 Å². The quantitative estimate of drug-likeness (QED) is 0.824. The summed E-state index contributed by atoms with van der Waals surface area (Å²) in [4.78, 5) is 23.6. The Kier molecular flexibility index (Phi) is 6.17. The normalized spacial score (nSPS) is 11.7. The summed E-state index contributed by atoms with van der Waals surface area (Å²) in [5, 5.41) is 5.62. The molecule has 2 aromatic carbocycles. The SMILES string of the molecule is CC(=O)NC(CC(=O)Nc1cccc(Cl)c1F)c1ccc(Cl)cc1. The van der Waals surface area contributed by atoms with Crippen molar-refractivity contribution >= 4 is 40.7 Å². The van der Waals surface area contributed by atoms with Crippen molar-refractivity contribution in [2.24, 2.45) is 0 Å². The van der Waals surface area contributed by atoms with Gasteiger partial charge in [0.25, 0.3) is 0 Å². The first kappa shape index (κ1) is 18.2. The molecule has 2 aromatic rings. The lowest BCUT2D eigenvalue weighted by Crippen LogP contribution is -2.29. The number of halogens is 3. The van der Waals surface area contributed by atoms with Crippen LogP contribution in [-0.4, -0.2) is 11.8 Å². The number of anilines is 1. The van der Waals surface area contributed by atoms with Crippen LogP contribution in [0.15, 0.2) is 42.5 Å². The molecule has 1 atom stereocenters. The molecule has 1 unspecified atom stereocenters. The second-order valence-corrected chi connectivity index (χ2v) is 6.00. The Labute approximate surface area is 149 Å². The first-order chi connectivity index (χ1) is 11.4. The first-order valence-electron chi connectivity index (χ1n) is 7.13. The first-order valence-corrected chi connectivity index (χ1v) is 7.89. The largest absolute Gasteiger partial charge is 0.349 e. The van der Waals surface area contributed by atoms with Crippen molar-refractivity contribution in [3.05, 3.63) is 63.9 Å². The van der Waals surface area contributed by atoms with Gasteiger partial charge in [-0.25, -0.2) is 4.39 Å². The van der Waals surface area contributed by atoms with E-state index in [0.717, 1.165) is 5.56 Å². The Bertz CT molecular complexity index is 751. The highest BCUT2D eigenvalue weighted by atomic mass is 35.5. The highest BCUT2D eigenvalue weighted by molar-refractivity contribution is 6.31. The molecule has 0 saturated heterocycles. The van der Waals surface area contributed by atoms with Crippen LogP contribution in [0.5, 0.6) is 0 Å². The van der Waals surface area contributed by atoms with Crippen LogP contribution in [-0.2, 0) is 9.59 Å². The fourth-order valence-electron chi connectivity index (χ4n) is 2.18. The minimum Gasteiger partial charge on any atom is -0.349 e. The molecule has 0 heterocycles. The number of hydrogen-bond donors (Lipinski definition) is 2. The summed E-state index contributed by atoms with van der Waals surface area (Å²) in [7, 11) is 0. The fourth-order valence-corrected chi connectivity index (χ4v) is 2.48. The van der Waals surface area contributed by atoms with E-state index in [1.165, 1.54) is 25.1 Å². The summed E-state index contributed by atoms with van der Waals surface area (Å²) in [5.41, 5.74) is 0.710. The standard InChI is InChI=1S/C17H15Cl2FN2O2/c1-10(23)21-15(11-5-7-12(18)8-6-11)9-16(24)22-14-4-2-3-13(19)17(14)20/h2-8,15H,9H2,1H3,(H,21,23)(H,22,24). The van der Waals surface area contributed by atoms with Gasteiger partial charge in [0.05, 0.1) is 23.2 Å². The van der Waals surface area contributed by atoms with E-state index in [0.29, 0.717) is 5.02 Å². The molecule has 0 aromatic heterocycles. The maximum absolute atomic E-state index is 13.8. The van der Waals surface area contributed by atoms with E-state index in [9.17, 15) is 14.0 Å². The van der Waals surface area contributed by atoms with Crippen LogP contribution in [0.1, 0.15) is 24.9 Å². The zero-order chi connectivity index (χ0) is 17.7. The monoisotopic (exact) mass is 368 g/mol. The molecule has 126 valence electrons. The molecule has 0 bridgehead atoms. The Morgan fingerprint density at radius 2 is 1.79 bits per heavy atom. The number of nitrogens with one attached hydrogen (secondary N) is 2. The van der Waals surface area contributed by atoms with Crippen LogP contribution in [0.25, 0.3) is 0 Å². The van der Waals surface area contributed by atoms with Crippen molar-refractivity contribution in [1.82, 2.24) is 5.32 Å². The van der Waals surface area contributed by atoms with Crippen molar-refractivity contribution < 1.29 is 14.0 Å². The number of benzene rings is 2. The zero-order valence-electron chi connectivity index (χ0n) is 12.8. The summed E-state index contributed by atoms with van der Waals surface area (Å²) in [6, 6.07) is 10.6. The maximum Gasteiger partial charge on any atom is 0.226 e. The molecule has 2 amide bonds. The fraction of sp³-hybridized carbons (Fsp3) is 0.176. The highest BCUT2D eigenvalue weighted by Crippen LogP contribution is 2.24. The van der Waals surface area contributed by atoms with Gasteiger partial charge in [-0.1, -0.05) is 41.4 Å². The topological polar surface area (TPSA) is 58.2 Å². The molecule has 0 spiro atoms. The van der Waals surface area contributed by atoms with Gasteiger partial charge in [-0.05, 0) is 29.8 Å². The van der Waals surface area contributed by atoms with Gasteiger partial charge < -0.3 is 10.6 Å². The van der Waals surface area contributed by atoms with Crippen molar-refractivity contribution in [1.29, 1.82) is 0 Å². The Morgan fingerprint density at radius 3 is 2.42 bits per heavy atom. The predicted molar refractivity (Wildman–Crippen MR) is 92.7 cm³/mol. The van der Waals surface area contributed by atoms with Crippen LogP contribution < -0.4 is 10.6 Å². The van der Waals surface area contributed by atoms with E-state index in [1.807, 2.05) is 0 Å². The number of carbonyl (C=O) groups is 2. The second kappa shape index (κ2) is 8.13. The highest BCUT2D eigenvalue weighted by Gasteiger charge is 2.18. The molecule has 4 nitrogen and oxygen atoms in total. The van der Waals surface area contributed by atoms with Crippen molar-refractivity contribution in [2.75, 3.05) is 5.32 Å². The molecule has 0 aliphatic carbocycles. The third-order valence-electron chi connectivity index (χ3n) is 3.27. The third-order valence-corrected chi connectivity index (χ3v) is 3.81. The van der Waals surface area contributed by atoms with E-state index < -0.39 is 17.8 Å². The zero-order valence-corrected chi connectivity index (χ0v) is 14.3. The average Bonchev–Trinajstić information content (AvgIpc) is 2.51. The number of hydrogen-bond acceptors (Lipinski definition) is 2. The molecular weight excluding hydrogens is 354 g/mol. The Morgan fingerprint density at radius 1 is 1.12 bits per heavy atom. The molecule has 0 fully saturated rings. The summed E-state index contributed by atoms with van der Waals surface area (Å²) < 4.78 is 13.8. The average molecular weight is 369 g/mol. The smallest absolute Gasteiger partial charge is 0.226 e. The molecule has 0 aliphatic heterocycles. The number of rotatable bonds is 5. The van der Waals surface area contributed by atoms with E-state index in [4.69, 9.17) is 23.2 Å². The van der Waals surface area contributed by atoms with Gasteiger partial charge in [-0.15, -0.1) is 0 Å². The lowest BCUT2D eigenvalue weighted by atomic mass is 10.0. The molecule has 2 N–H and O–H groups in total. The van der Waals surface area contributed by atoms with Gasteiger partial charge in [0.2, 0.25) is 11.8 Å².